The number of aromatic nitrogens is 7. The number of aliphatic hydroxyl groups is 1. The highest BCUT2D eigenvalue weighted by Gasteiger charge is 2.35. The van der Waals surface area contributed by atoms with Gasteiger partial charge in [0.25, 0.3) is 0 Å². The molecule has 0 aliphatic carbocycles. The molecule has 1 aliphatic heterocycles. The van der Waals surface area contributed by atoms with Gasteiger partial charge in [0.2, 0.25) is 5.89 Å². The van der Waals surface area contributed by atoms with Gasteiger partial charge in [-0.2, -0.15) is 4.98 Å². The highest BCUT2D eigenvalue weighted by atomic mass is 16.5. The van der Waals surface area contributed by atoms with Crippen molar-refractivity contribution in [2.45, 2.75) is 58.6 Å². The molecule has 4 rings (SSSR count). The molecule has 0 unspecified atom stereocenters. The maximum absolute atomic E-state index is 10.4. The van der Waals surface area contributed by atoms with Crippen molar-refractivity contribution >= 4 is 17.0 Å². The van der Waals surface area contributed by atoms with E-state index in [0.717, 1.165) is 0 Å². The SMILES string of the molecule is Cc1noc(Cn2nnc3c(N4CC[C@@](C)(O)C4)nc(C(C)(C)C)nc32)n1. The van der Waals surface area contributed by atoms with Crippen molar-refractivity contribution in [3.8, 4) is 0 Å². The largest absolute Gasteiger partial charge is 0.388 e. The lowest BCUT2D eigenvalue weighted by Gasteiger charge is -2.23. The van der Waals surface area contributed by atoms with Gasteiger partial charge in [-0.15, -0.1) is 5.10 Å². The van der Waals surface area contributed by atoms with Crippen molar-refractivity contribution in [1.29, 1.82) is 0 Å². The third-order valence-electron chi connectivity index (χ3n) is 4.62. The first-order valence-corrected chi connectivity index (χ1v) is 9.01. The predicted octanol–water partition coefficient (Wildman–Crippen LogP) is 1.22. The highest BCUT2D eigenvalue weighted by Crippen LogP contribution is 2.31. The fourth-order valence-corrected chi connectivity index (χ4v) is 3.16. The molecule has 1 atom stereocenters. The fraction of sp³-hybridized carbons (Fsp3) is 0.647. The highest BCUT2D eigenvalue weighted by molar-refractivity contribution is 5.83. The van der Waals surface area contributed by atoms with Gasteiger partial charge in [0.15, 0.2) is 22.8 Å². The smallest absolute Gasteiger partial charge is 0.248 e. The lowest BCUT2D eigenvalue weighted by Crippen LogP contribution is -2.31. The van der Waals surface area contributed by atoms with Gasteiger partial charge in [-0.05, 0) is 20.3 Å². The summed E-state index contributed by atoms with van der Waals surface area (Å²) in [5.41, 5.74) is 0.238. The Morgan fingerprint density at radius 3 is 2.59 bits per heavy atom. The predicted molar refractivity (Wildman–Crippen MR) is 97.4 cm³/mol. The Labute approximate surface area is 156 Å². The van der Waals surface area contributed by atoms with Crippen LogP contribution in [0.15, 0.2) is 4.52 Å². The molecule has 0 aromatic carbocycles. The Hall–Kier alpha value is -2.62. The fourth-order valence-electron chi connectivity index (χ4n) is 3.16. The Morgan fingerprint density at radius 1 is 1.22 bits per heavy atom. The summed E-state index contributed by atoms with van der Waals surface area (Å²) in [7, 11) is 0. The van der Waals surface area contributed by atoms with Gasteiger partial charge in [-0.1, -0.05) is 31.1 Å². The van der Waals surface area contributed by atoms with E-state index < -0.39 is 5.60 Å². The van der Waals surface area contributed by atoms with E-state index >= 15 is 0 Å². The molecule has 0 bridgehead atoms. The molecule has 0 radical (unpaired) electrons. The second kappa shape index (κ2) is 5.95. The van der Waals surface area contributed by atoms with Gasteiger partial charge in [0.05, 0.1) is 5.60 Å². The number of anilines is 1. The summed E-state index contributed by atoms with van der Waals surface area (Å²) in [5.74, 6) is 2.41. The maximum Gasteiger partial charge on any atom is 0.248 e. The molecule has 27 heavy (non-hydrogen) atoms. The topological polar surface area (TPSA) is 119 Å². The van der Waals surface area contributed by atoms with Crippen LogP contribution in [0.1, 0.15) is 51.7 Å². The van der Waals surface area contributed by atoms with Gasteiger partial charge >= 0.3 is 0 Å². The van der Waals surface area contributed by atoms with E-state index in [1.165, 1.54) is 0 Å². The van der Waals surface area contributed by atoms with E-state index in [-0.39, 0.29) is 12.0 Å². The summed E-state index contributed by atoms with van der Waals surface area (Å²) in [5, 5.41) is 22.7. The van der Waals surface area contributed by atoms with Crippen molar-refractivity contribution in [3.63, 3.8) is 0 Å². The number of rotatable bonds is 3. The molecule has 1 saturated heterocycles. The number of β-amino-alcohol motifs (C(OH)–C–C–N with tert-alkyl or cyclic N) is 1. The number of fused-ring (bicyclic) bond motifs is 1. The molecule has 1 fully saturated rings. The van der Waals surface area contributed by atoms with Gasteiger partial charge < -0.3 is 14.5 Å². The van der Waals surface area contributed by atoms with Gasteiger partial charge in [0.1, 0.15) is 12.4 Å². The number of aryl methyl sites for hydroxylation is 1. The van der Waals surface area contributed by atoms with Crippen molar-refractivity contribution in [1.82, 2.24) is 35.1 Å². The number of hydrogen-bond acceptors (Lipinski definition) is 9. The van der Waals surface area contributed by atoms with E-state index in [9.17, 15) is 5.11 Å². The molecule has 1 N–H and O–H groups in total. The molecule has 0 amide bonds. The van der Waals surface area contributed by atoms with Crippen LogP contribution in [0.3, 0.4) is 0 Å². The average molecular weight is 372 g/mol. The zero-order chi connectivity index (χ0) is 19.4. The average Bonchev–Trinajstić information content (AvgIpc) is 3.26. The van der Waals surface area contributed by atoms with E-state index in [2.05, 4.69) is 46.1 Å². The second-order valence-corrected chi connectivity index (χ2v) is 8.44. The van der Waals surface area contributed by atoms with Crippen molar-refractivity contribution in [2.24, 2.45) is 0 Å². The van der Waals surface area contributed by atoms with Crippen LogP contribution >= 0.6 is 0 Å². The lowest BCUT2D eigenvalue weighted by atomic mass is 9.96. The number of hydrogen-bond donors (Lipinski definition) is 1. The Morgan fingerprint density at radius 2 is 2.00 bits per heavy atom. The van der Waals surface area contributed by atoms with Crippen LogP contribution in [0.2, 0.25) is 0 Å². The molecule has 0 saturated carbocycles. The van der Waals surface area contributed by atoms with Crippen LogP contribution in [-0.2, 0) is 12.0 Å². The standard InChI is InChI=1S/C17H24N8O2/c1-10-18-11(27-22-10)8-25-14-12(21-23-25)13(19-15(20-14)16(2,3)4)24-7-6-17(5,26)9-24/h26H,6-9H2,1-5H3/t17-/m1/s1. The van der Waals surface area contributed by atoms with Crippen molar-refractivity contribution in [3.05, 3.63) is 17.5 Å². The van der Waals surface area contributed by atoms with Crippen LogP contribution in [0.4, 0.5) is 5.82 Å². The minimum Gasteiger partial charge on any atom is -0.388 e. The molecule has 10 nitrogen and oxygen atoms in total. The molecule has 144 valence electrons. The normalized spacial score (nSPS) is 20.7. The molecular weight excluding hydrogens is 348 g/mol. The summed E-state index contributed by atoms with van der Waals surface area (Å²) < 4.78 is 6.85. The van der Waals surface area contributed by atoms with E-state index in [4.69, 9.17) is 14.5 Å². The first-order chi connectivity index (χ1) is 12.6. The van der Waals surface area contributed by atoms with Crippen LogP contribution in [0.5, 0.6) is 0 Å². The van der Waals surface area contributed by atoms with E-state index in [0.29, 0.717) is 54.0 Å². The molecular formula is C17H24N8O2. The maximum atomic E-state index is 10.4. The zero-order valence-electron chi connectivity index (χ0n) is 16.3. The molecule has 3 aromatic heterocycles. The monoisotopic (exact) mass is 372 g/mol. The summed E-state index contributed by atoms with van der Waals surface area (Å²) in [6.07, 6.45) is 0.679. The van der Waals surface area contributed by atoms with Crippen LogP contribution in [-0.4, -0.2) is 58.9 Å². The quantitative estimate of drug-likeness (QED) is 0.723. The van der Waals surface area contributed by atoms with Crippen molar-refractivity contribution in [2.75, 3.05) is 18.0 Å². The van der Waals surface area contributed by atoms with E-state index in [1.54, 1.807) is 11.6 Å². The Bertz CT molecular complexity index is 985. The third-order valence-corrected chi connectivity index (χ3v) is 4.62. The lowest BCUT2D eigenvalue weighted by molar-refractivity contribution is 0.0839. The first kappa shape index (κ1) is 17.8. The second-order valence-electron chi connectivity index (χ2n) is 8.44. The minimum atomic E-state index is -0.740. The van der Waals surface area contributed by atoms with Gasteiger partial charge in [-0.25, -0.2) is 14.6 Å². The van der Waals surface area contributed by atoms with Gasteiger partial charge in [-0.3, -0.25) is 0 Å². The molecule has 0 spiro atoms. The number of nitrogens with zero attached hydrogens (tertiary/aromatic N) is 8. The van der Waals surface area contributed by atoms with Gasteiger partial charge in [0, 0.05) is 18.5 Å². The molecule has 10 heteroatoms. The first-order valence-electron chi connectivity index (χ1n) is 9.01. The Kier molecular flexibility index (Phi) is 3.91. The Balaban J connectivity index is 1.82. The summed E-state index contributed by atoms with van der Waals surface area (Å²) in [6.45, 7) is 11.3. The zero-order valence-corrected chi connectivity index (χ0v) is 16.3. The third kappa shape index (κ3) is 3.36. The molecule has 1 aliphatic rings. The van der Waals surface area contributed by atoms with Crippen LogP contribution in [0, 0.1) is 6.92 Å². The van der Waals surface area contributed by atoms with Crippen LogP contribution < -0.4 is 4.90 Å². The minimum absolute atomic E-state index is 0.249. The molecule has 4 heterocycles. The summed E-state index contributed by atoms with van der Waals surface area (Å²) >= 11 is 0. The summed E-state index contributed by atoms with van der Waals surface area (Å²) in [6, 6.07) is 0. The molecule has 3 aromatic rings. The van der Waals surface area contributed by atoms with Crippen molar-refractivity contribution < 1.29 is 9.63 Å². The van der Waals surface area contributed by atoms with Crippen LogP contribution in [0.25, 0.3) is 11.2 Å². The summed E-state index contributed by atoms with van der Waals surface area (Å²) in [4.78, 5) is 15.8. The van der Waals surface area contributed by atoms with E-state index in [1.807, 2.05) is 6.92 Å².